The van der Waals surface area contributed by atoms with Crippen molar-refractivity contribution in [1.82, 2.24) is 29.1 Å². The van der Waals surface area contributed by atoms with Crippen LogP contribution in [0.3, 0.4) is 0 Å². The largest absolute Gasteiger partial charge is 0.374 e. The molecule has 0 aliphatic heterocycles. The van der Waals surface area contributed by atoms with E-state index >= 15 is 0 Å². The zero-order chi connectivity index (χ0) is 27.1. The molecule has 0 saturated heterocycles. The van der Waals surface area contributed by atoms with Crippen LogP contribution in [0.2, 0.25) is 5.02 Å². The normalized spacial score (nSPS) is 13.1. The molecule has 194 valence electrons. The van der Waals surface area contributed by atoms with Gasteiger partial charge in [-0.2, -0.15) is 0 Å². The van der Waals surface area contributed by atoms with Gasteiger partial charge in [0, 0.05) is 61.3 Å². The van der Waals surface area contributed by atoms with Crippen LogP contribution in [0.4, 0.5) is 0 Å². The van der Waals surface area contributed by atoms with Gasteiger partial charge in [0.15, 0.2) is 11.4 Å². The van der Waals surface area contributed by atoms with E-state index < -0.39 is 5.60 Å². The van der Waals surface area contributed by atoms with Crippen molar-refractivity contribution in [2.45, 2.75) is 18.9 Å². The van der Waals surface area contributed by atoms with Crippen molar-refractivity contribution in [3.63, 3.8) is 0 Å². The Morgan fingerprint density at radius 1 is 0.923 bits per heavy atom. The first kappa shape index (κ1) is 25.0. The number of nitrogens with zero attached hydrogens (tertiary/aromatic N) is 6. The first-order valence-electron chi connectivity index (χ1n) is 12.6. The second kappa shape index (κ2) is 9.76. The van der Waals surface area contributed by atoms with Crippen molar-refractivity contribution in [1.29, 1.82) is 0 Å². The van der Waals surface area contributed by atoms with Crippen LogP contribution < -0.4 is 0 Å². The molecular weight excluding hydrogens is 508 g/mol. The van der Waals surface area contributed by atoms with E-state index in [1.165, 1.54) is 0 Å². The van der Waals surface area contributed by atoms with Crippen LogP contribution in [0.1, 0.15) is 33.6 Å². The lowest BCUT2D eigenvalue weighted by Gasteiger charge is -2.30. The molecule has 0 aliphatic carbocycles. The molecule has 2 aromatic carbocycles. The molecule has 1 atom stereocenters. The van der Waals surface area contributed by atoms with Gasteiger partial charge in [0.05, 0.1) is 28.8 Å². The maximum Gasteiger partial charge on any atom is 0.158 e. The van der Waals surface area contributed by atoms with Crippen molar-refractivity contribution in [2.75, 3.05) is 0 Å². The van der Waals surface area contributed by atoms with E-state index in [0.717, 1.165) is 33.7 Å². The molecule has 4 heterocycles. The lowest BCUT2D eigenvalue weighted by molar-refractivity contribution is 0.117. The van der Waals surface area contributed by atoms with Gasteiger partial charge in [0.25, 0.3) is 0 Å². The molecule has 8 heteroatoms. The topological polar surface area (TPSA) is 81.7 Å². The lowest BCUT2D eigenvalue weighted by atomic mass is 9.83. The molecule has 0 saturated carbocycles. The Morgan fingerprint density at radius 2 is 1.72 bits per heavy atom. The quantitative estimate of drug-likeness (QED) is 0.301. The van der Waals surface area contributed by atoms with Gasteiger partial charge in [-0.05, 0) is 36.2 Å². The molecule has 39 heavy (non-hydrogen) atoms. The van der Waals surface area contributed by atoms with Crippen LogP contribution in [0.5, 0.6) is 0 Å². The van der Waals surface area contributed by atoms with Gasteiger partial charge < -0.3 is 14.2 Å². The molecule has 4 aromatic heterocycles. The predicted octanol–water partition coefficient (Wildman–Crippen LogP) is 5.60. The van der Waals surface area contributed by atoms with Crippen LogP contribution in [-0.4, -0.2) is 34.2 Å². The zero-order valence-corrected chi connectivity index (χ0v) is 22.6. The van der Waals surface area contributed by atoms with E-state index in [1.54, 1.807) is 24.9 Å². The van der Waals surface area contributed by atoms with Crippen molar-refractivity contribution in [3.05, 3.63) is 130 Å². The van der Waals surface area contributed by atoms with Crippen LogP contribution >= 0.6 is 11.6 Å². The van der Waals surface area contributed by atoms with Crippen LogP contribution in [-0.2, 0) is 26.1 Å². The number of fused-ring (bicyclic) bond motifs is 1. The number of rotatable bonds is 6. The lowest BCUT2D eigenvalue weighted by Crippen LogP contribution is -2.31. The maximum absolute atomic E-state index is 12.4. The molecule has 0 spiro atoms. The van der Waals surface area contributed by atoms with Crippen LogP contribution in [0, 0.1) is 6.92 Å². The third kappa shape index (κ3) is 4.30. The number of aromatic nitrogens is 6. The SMILES string of the molecule is Cc1ccc(C(O)(c2ccc3nc(-c4nccn4C)c(Cc4ccccc4)c(Cl)c3c2)c2cncn2C)cn1. The van der Waals surface area contributed by atoms with Gasteiger partial charge in [-0.3, -0.25) is 4.98 Å². The number of aliphatic hydroxyl groups is 1. The third-order valence-corrected chi connectivity index (χ3v) is 7.64. The van der Waals surface area contributed by atoms with Crippen molar-refractivity contribution in [3.8, 4) is 11.5 Å². The minimum atomic E-state index is -1.51. The standard InChI is InChI=1S/C31H27ClN6O/c1-20-9-10-23(17-35-20)31(39,27-18-33-19-38(27)3)22-11-12-26-24(16-22)28(32)25(15-21-7-5-4-6-8-21)29(36-26)30-34-13-14-37(30)2/h4-14,16-19,39H,15H2,1-3H3. The summed E-state index contributed by atoms with van der Waals surface area (Å²) in [6.45, 7) is 1.92. The Labute approximate surface area is 231 Å². The summed E-state index contributed by atoms with van der Waals surface area (Å²) in [5.41, 5.74) is 4.69. The number of benzene rings is 2. The number of pyridine rings is 2. The highest BCUT2D eigenvalue weighted by Crippen LogP contribution is 2.40. The van der Waals surface area contributed by atoms with Gasteiger partial charge in [-0.15, -0.1) is 0 Å². The number of hydrogen-bond donors (Lipinski definition) is 1. The van der Waals surface area contributed by atoms with Gasteiger partial charge >= 0.3 is 0 Å². The van der Waals surface area contributed by atoms with Gasteiger partial charge in [-0.1, -0.05) is 54.1 Å². The summed E-state index contributed by atoms with van der Waals surface area (Å²) in [4.78, 5) is 18.4. The van der Waals surface area contributed by atoms with Crippen LogP contribution in [0.15, 0.2) is 91.8 Å². The monoisotopic (exact) mass is 534 g/mol. The second-order valence-corrected chi connectivity index (χ2v) is 10.2. The van der Waals surface area contributed by atoms with E-state index in [1.807, 2.05) is 84.9 Å². The molecule has 1 N–H and O–H groups in total. The van der Waals surface area contributed by atoms with Gasteiger partial charge in [0.1, 0.15) is 5.69 Å². The fourth-order valence-corrected chi connectivity index (χ4v) is 5.39. The second-order valence-electron chi connectivity index (χ2n) is 9.80. The van der Waals surface area contributed by atoms with Crippen molar-refractivity contribution in [2.24, 2.45) is 14.1 Å². The predicted molar refractivity (Wildman–Crippen MR) is 152 cm³/mol. The van der Waals surface area contributed by atoms with E-state index in [-0.39, 0.29) is 0 Å². The minimum Gasteiger partial charge on any atom is -0.374 e. The Hall–Kier alpha value is -4.33. The molecule has 0 fully saturated rings. The smallest absolute Gasteiger partial charge is 0.158 e. The van der Waals surface area contributed by atoms with Crippen LogP contribution in [0.25, 0.3) is 22.4 Å². The third-order valence-electron chi connectivity index (χ3n) is 7.21. The maximum atomic E-state index is 12.4. The number of hydrogen-bond acceptors (Lipinski definition) is 5. The Morgan fingerprint density at radius 3 is 2.38 bits per heavy atom. The summed E-state index contributed by atoms with van der Waals surface area (Å²) in [5, 5.41) is 13.7. The summed E-state index contributed by atoms with van der Waals surface area (Å²) in [7, 11) is 3.81. The van der Waals surface area contributed by atoms with Crippen molar-refractivity contribution >= 4 is 22.5 Å². The minimum absolute atomic E-state index is 0.582. The average molecular weight is 535 g/mol. The summed E-state index contributed by atoms with van der Waals surface area (Å²) in [6.07, 6.45) is 9.30. The summed E-state index contributed by atoms with van der Waals surface area (Å²) in [6, 6.07) is 19.7. The molecule has 0 bridgehead atoms. The number of halogens is 1. The fraction of sp³-hybridized carbons (Fsp3) is 0.161. The van der Waals surface area contributed by atoms with Gasteiger partial charge in [-0.25, -0.2) is 15.0 Å². The highest BCUT2D eigenvalue weighted by atomic mass is 35.5. The molecule has 0 aliphatic rings. The Balaban J connectivity index is 1.60. The molecular formula is C31H27ClN6O. The first-order chi connectivity index (χ1) is 18.9. The zero-order valence-electron chi connectivity index (χ0n) is 21.9. The van der Waals surface area contributed by atoms with E-state index in [9.17, 15) is 5.11 Å². The van der Waals surface area contributed by atoms with Gasteiger partial charge in [0.2, 0.25) is 0 Å². The van der Waals surface area contributed by atoms with Crippen molar-refractivity contribution < 1.29 is 5.11 Å². The summed E-state index contributed by atoms with van der Waals surface area (Å²) in [5.74, 6) is 0.742. The molecule has 1 unspecified atom stereocenters. The highest BCUT2D eigenvalue weighted by Gasteiger charge is 2.37. The molecule has 7 nitrogen and oxygen atoms in total. The van der Waals surface area contributed by atoms with E-state index in [4.69, 9.17) is 16.6 Å². The van der Waals surface area contributed by atoms with E-state index in [2.05, 4.69) is 27.1 Å². The summed E-state index contributed by atoms with van der Waals surface area (Å²) < 4.78 is 3.76. The number of aryl methyl sites for hydroxylation is 3. The molecule has 6 aromatic rings. The Kier molecular flexibility index (Phi) is 6.25. The number of imidazole rings is 2. The molecule has 6 rings (SSSR count). The fourth-order valence-electron chi connectivity index (χ4n) is 5.08. The first-order valence-corrected chi connectivity index (χ1v) is 13.0. The summed E-state index contributed by atoms with van der Waals surface area (Å²) >= 11 is 7.22. The average Bonchev–Trinajstić information content (AvgIpc) is 3.58. The molecule has 0 amide bonds. The van der Waals surface area contributed by atoms with E-state index in [0.29, 0.717) is 33.8 Å². The molecule has 0 radical (unpaired) electrons. The highest BCUT2D eigenvalue weighted by molar-refractivity contribution is 6.36. The Bertz CT molecular complexity index is 1790.